The number of carbonyl (C=O) groups is 1. The zero-order valence-corrected chi connectivity index (χ0v) is 12.2. The standard InChI is InChI=1S/C13H17N5OS/c1-9(2)18(10-6-4-3-5-7-10)11(19)8-20-13-15-12(14)16-17-13/h3-7,9H,8H2,1-2H3,(H3,14,15,16,17). The van der Waals surface area contributed by atoms with Crippen molar-refractivity contribution in [2.45, 2.75) is 25.0 Å². The number of aromatic amines is 1. The highest BCUT2D eigenvalue weighted by molar-refractivity contribution is 7.99. The van der Waals surface area contributed by atoms with Crippen molar-refractivity contribution in [2.75, 3.05) is 16.4 Å². The molecule has 20 heavy (non-hydrogen) atoms. The summed E-state index contributed by atoms with van der Waals surface area (Å²) < 4.78 is 0. The Labute approximate surface area is 121 Å². The minimum absolute atomic E-state index is 0.0135. The number of aromatic nitrogens is 3. The minimum Gasteiger partial charge on any atom is -0.368 e. The van der Waals surface area contributed by atoms with Gasteiger partial charge in [-0.2, -0.15) is 4.98 Å². The van der Waals surface area contributed by atoms with Crippen LogP contribution in [0.4, 0.5) is 11.6 Å². The van der Waals surface area contributed by atoms with Gasteiger partial charge in [-0.3, -0.25) is 4.79 Å². The molecule has 0 saturated heterocycles. The predicted octanol–water partition coefficient (Wildman–Crippen LogP) is 1.92. The number of benzene rings is 1. The highest BCUT2D eigenvalue weighted by Crippen LogP contribution is 2.20. The van der Waals surface area contributed by atoms with Gasteiger partial charge in [-0.15, -0.1) is 5.10 Å². The van der Waals surface area contributed by atoms with Gasteiger partial charge in [0.2, 0.25) is 17.0 Å². The van der Waals surface area contributed by atoms with Crippen LogP contribution in [-0.2, 0) is 4.79 Å². The van der Waals surface area contributed by atoms with Gasteiger partial charge in [-0.1, -0.05) is 30.0 Å². The van der Waals surface area contributed by atoms with Gasteiger partial charge in [-0.05, 0) is 26.0 Å². The zero-order chi connectivity index (χ0) is 14.5. The molecule has 7 heteroatoms. The average Bonchev–Trinajstić information content (AvgIpc) is 2.83. The van der Waals surface area contributed by atoms with Gasteiger partial charge in [0.05, 0.1) is 5.75 Å². The van der Waals surface area contributed by atoms with Crippen molar-refractivity contribution >= 4 is 29.3 Å². The van der Waals surface area contributed by atoms with Crippen molar-refractivity contribution in [1.29, 1.82) is 0 Å². The number of hydrogen-bond acceptors (Lipinski definition) is 5. The van der Waals surface area contributed by atoms with E-state index in [0.29, 0.717) is 5.16 Å². The lowest BCUT2D eigenvalue weighted by Gasteiger charge is -2.26. The van der Waals surface area contributed by atoms with Crippen LogP contribution < -0.4 is 10.6 Å². The van der Waals surface area contributed by atoms with Gasteiger partial charge in [-0.25, -0.2) is 5.10 Å². The van der Waals surface area contributed by atoms with Gasteiger partial charge in [0.15, 0.2) is 0 Å². The highest BCUT2D eigenvalue weighted by atomic mass is 32.2. The number of para-hydroxylation sites is 1. The summed E-state index contributed by atoms with van der Waals surface area (Å²) in [7, 11) is 0. The van der Waals surface area contributed by atoms with Crippen LogP contribution in [0.5, 0.6) is 0 Å². The monoisotopic (exact) mass is 291 g/mol. The molecule has 0 aliphatic carbocycles. The number of carbonyl (C=O) groups excluding carboxylic acids is 1. The Hall–Kier alpha value is -2.02. The maximum Gasteiger partial charge on any atom is 0.237 e. The summed E-state index contributed by atoms with van der Waals surface area (Å²) in [6.45, 7) is 3.97. The van der Waals surface area contributed by atoms with Crippen molar-refractivity contribution in [1.82, 2.24) is 15.2 Å². The van der Waals surface area contributed by atoms with E-state index in [0.717, 1.165) is 5.69 Å². The molecule has 0 spiro atoms. The predicted molar refractivity (Wildman–Crippen MR) is 80.6 cm³/mol. The summed E-state index contributed by atoms with van der Waals surface area (Å²) in [6.07, 6.45) is 0. The number of nitrogens with two attached hydrogens (primary N) is 1. The molecule has 1 amide bonds. The largest absolute Gasteiger partial charge is 0.368 e. The summed E-state index contributed by atoms with van der Waals surface area (Å²) in [6, 6.07) is 9.70. The summed E-state index contributed by atoms with van der Waals surface area (Å²) in [4.78, 5) is 18.1. The Bertz CT molecular complexity index is 569. The SMILES string of the molecule is CC(C)N(C(=O)CSc1n[nH]c(N)n1)c1ccccc1. The van der Waals surface area contributed by atoms with Gasteiger partial charge < -0.3 is 10.6 Å². The molecule has 0 unspecified atom stereocenters. The lowest BCUT2D eigenvalue weighted by molar-refractivity contribution is -0.116. The fourth-order valence-corrected chi connectivity index (χ4v) is 2.50. The lowest BCUT2D eigenvalue weighted by Crippen LogP contribution is -2.38. The van der Waals surface area contributed by atoms with E-state index in [2.05, 4.69) is 15.2 Å². The molecule has 1 aromatic carbocycles. The number of amides is 1. The van der Waals surface area contributed by atoms with Gasteiger partial charge in [0, 0.05) is 11.7 Å². The van der Waals surface area contributed by atoms with Crippen LogP contribution in [0.25, 0.3) is 0 Å². The maximum absolute atomic E-state index is 12.4. The molecule has 0 bridgehead atoms. The second-order valence-electron chi connectivity index (χ2n) is 4.48. The smallest absolute Gasteiger partial charge is 0.237 e. The van der Waals surface area contributed by atoms with Crippen molar-refractivity contribution in [3.63, 3.8) is 0 Å². The molecule has 1 heterocycles. The van der Waals surface area contributed by atoms with E-state index in [9.17, 15) is 4.79 Å². The molecule has 2 rings (SSSR count). The van der Waals surface area contributed by atoms with E-state index >= 15 is 0 Å². The van der Waals surface area contributed by atoms with Crippen LogP contribution in [0.3, 0.4) is 0 Å². The first-order chi connectivity index (χ1) is 9.58. The number of nitrogens with zero attached hydrogens (tertiary/aromatic N) is 3. The fourth-order valence-electron chi connectivity index (χ4n) is 1.84. The molecule has 0 aliphatic heterocycles. The third kappa shape index (κ3) is 3.51. The highest BCUT2D eigenvalue weighted by Gasteiger charge is 2.19. The Morgan fingerprint density at radius 2 is 2.10 bits per heavy atom. The number of hydrogen-bond donors (Lipinski definition) is 2. The molecule has 106 valence electrons. The van der Waals surface area contributed by atoms with Crippen molar-refractivity contribution in [3.8, 4) is 0 Å². The number of nitrogen functional groups attached to an aromatic ring is 1. The number of rotatable bonds is 5. The molecular formula is C13H17N5OS. The normalized spacial score (nSPS) is 10.8. The van der Waals surface area contributed by atoms with E-state index in [4.69, 9.17) is 5.73 Å². The fraction of sp³-hybridized carbons (Fsp3) is 0.308. The molecular weight excluding hydrogens is 274 g/mol. The average molecular weight is 291 g/mol. The number of H-pyrrole nitrogens is 1. The van der Waals surface area contributed by atoms with Gasteiger partial charge in [0.25, 0.3) is 0 Å². The first kappa shape index (κ1) is 14.4. The summed E-state index contributed by atoms with van der Waals surface area (Å²) in [5.41, 5.74) is 6.34. The van der Waals surface area contributed by atoms with E-state index in [-0.39, 0.29) is 23.7 Å². The van der Waals surface area contributed by atoms with Crippen LogP contribution in [0.15, 0.2) is 35.5 Å². The third-order valence-electron chi connectivity index (χ3n) is 2.63. The van der Waals surface area contributed by atoms with Crippen molar-refractivity contribution < 1.29 is 4.79 Å². The Balaban J connectivity index is 2.04. The van der Waals surface area contributed by atoms with Crippen molar-refractivity contribution in [2.24, 2.45) is 0 Å². The summed E-state index contributed by atoms with van der Waals surface area (Å²) >= 11 is 1.27. The molecule has 0 aliphatic rings. The molecule has 0 radical (unpaired) electrons. The van der Waals surface area contributed by atoms with Crippen LogP contribution in [0, 0.1) is 0 Å². The maximum atomic E-state index is 12.4. The lowest BCUT2D eigenvalue weighted by atomic mass is 10.2. The second kappa shape index (κ2) is 6.42. The molecule has 6 nitrogen and oxygen atoms in total. The molecule has 1 aromatic heterocycles. The molecule has 2 aromatic rings. The first-order valence-electron chi connectivity index (χ1n) is 6.25. The molecule has 3 N–H and O–H groups in total. The first-order valence-corrected chi connectivity index (χ1v) is 7.24. The Morgan fingerprint density at radius 3 is 2.65 bits per heavy atom. The van der Waals surface area contributed by atoms with Gasteiger partial charge in [0.1, 0.15) is 0 Å². The molecule has 0 fully saturated rings. The van der Waals surface area contributed by atoms with E-state index in [1.807, 2.05) is 44.2 Å². The van der Waals surface area contributed by atoms with E-state index in [1.165, 1.54) is 11.8 Å². The summed E-state index contributed by atoms with van der Waals surface area (Å²) in [5.74, 6) is 0.535. The number of nitrogens with one attached hydrogen (secondary N) is 1. The third-order valence-corrected chi connectivity index (χ3v) is 3.46. The van der Waals surface area contributed by atoms with Crippen LogP contribution in [-0.4, -0.2) is 32.9 Å². The van der Waals surface area contributed by atoms with Crippen LogP contribution in [0.1, 0.15) is 13.8 Å². The zero-order valence-electron chi connectivity index (χ0n) is 11.4. The van der Waals surface area contributed by atoms with E-state index in [1.54, 1.807) is 4.90 Å². The second-order valence-corrected chi connectivity index (χ2v) is 5.43. The van der Waals surface area contributed by atoms with E-state index < -0.39 is 0 Å². The summed E-state index contributed by atoms with van der Waals surface area (Å²) in [5, 5.41) is 6.92. The quantitative estimate of drug-likeness (QED) is 0.822. The number of anilines is 2. The Morgan fingerprint density at radius 1 is 1.40 bits per heavy atom. The van der Waals surface area contributed by atoms with Crippen LogP contribution in [0.2, 0.25) is 0 Å². The van der Waals surface area contributed by atoms with Gasteiger partial charge >= 0.3 is 0 Å². The van der Waals surface area contributed by atoms with Crippen molar-refractivity contribution in [3.05, 3.63) is 30.3 Å². The molecule has 0 atom stereocenters. The molecule has 0 saturated carbocycles. The Kier molecular flexibility index (Phi) is 4.62. The van der Waals surface area contributed by atoms with Crippen LogP contribution >= 0.6 is 11.8 Å². The number of thioether (sulfide) groups is 1. The topological polar surface area (TPSA) is 87.9 Å². The minimum atomic E-state index is 0.0135.